The lowest BCUT2D eigenvalue weighted by Gasteiger charge is -2.36. The van der Waals surface area contributed by atoms with Crippen LogP contribution >= 0.6 is 0 Å². The Hall–Kier alpha value is -2.54. The number of hydrogen-bond acceptors (Lipinski definition) is 3. The van der Waals surface area contributed by atoms with E-state index < -0.39 is 17.7 Å². The monoisotopic (exact) mass is 431 g/mol. The second-order valence-electron chi connectivity index (χ2n) is 8.75. The molecule has 1 heterocycles. The van der Waals surface area contributed by atoms with Crippen molar-refractivity contribution >= 4 is 17.3 Å². The van der Waals surface area contributed by atoms with Crippen molar-refractivity contribution in [3.8, 4) is 0 Å². The summed E-state index contributed by atoms with van der Waals surface area (Å²) in [6, 6.07) is 13.9. The van der Waals surface area contributed by atoms with E-state index in [4.69, 9.17) is 0 Å². The Bertz CT molecular complexity index is 918. The third-order valence-electron chi connectivity index (χ3n) is 6.49. The summed E-state index contributed by atoms with van der Waals surface area (Å²) in [5.74, 6) is -1.02. The molecule has 166 valence electrons. The molecule has 2 atom stereocenters. The summed E-state index contributed by atoms with van der Waals surface area (Å²) in [6.45, 7) is 1.99. The number of benzene rings is 2. The Morgan fingerprint density at radius 1 is 1.03 bits per heavy atom. The number of anilines is 2. The SMILES string of the molecule is CN(C)C1CCN(c2ccc(NC(=O)C3CC3c3ccccc3C(F)(F)F)cc2)CC1. The zero-order valence-electron chi connectivity index (χ0n) is 17.8. The van der Waals surface area contributed by atoms with Crippen LogP contribution in [0.25, 0.3) is 0 Å². The zero-order valence-corrected chi connectivity index (χ0v) is 17.8. The third kappa shape index (κ3) is 4.87. The number of alkyl halides is 3. The molecule has 0 radical (unpaired) electrons. The molecular weight excluding hydrogens is 403 g/mol. The Morgan fingerprint density at radius 2 is 1.68 bits per heavy atom. The Morgan fingerprint density at radius 3 is 2.29 bits per heavy atom. The fourth-order valence-corrected chi connectivity index (χ4v) is 4.54. The predicted molar refractivity (Wildman–Crippen MR) is 116 cm³/mol. The van der Waals surface area contributed by atoms with Crippen LogP contribution in [0.3, 0.4) is 0 Å². The largest absolute Gasteiger partial charge is 0.416 e. The van der Waals surface area contributed by atoms with Crippen LogP contribution in [-0.4, -0.2) is 44.0 Å². The summed E-state index contributed by atoms with van der Waals surface area (Å²) < 4.78 is 39.8. The van der Waals surface area contributed by atoms with Gasteiger partial charge in [0.1, 0.15) is 0 Å². The molecule has 1 amide bonds. The van der Waals surface area contributed by atoms with Gasteiger partial charge in [0.2, 0.25) is 5.91 Å². The molecule has 2 aromatic rings. The van der Waals surface area contributed by atoms with Gasteiger partial charge < -0.3 is 15.1 Å². The Labute approximate surface area is 181 Å². The summed E-state index contributed by atoms with van der Waals surface area (Å²) in [4.78, 5) is 17.2. The van der Waals surface area contributed by atoms with Crippen molar-refractivity contribution in [1.29, 1.82) is 0 Å². The van der Waals surface area contributed by atoms with Crippen molar-refractivity contribution < 1.29 is 18.0 Å². The highest BCUT2D eigenvalue weighted by atomic mass is 19.4. The minimum atomic E-state index is -4.41. The normalized spacial score (nSPS) is 21.9. The maximum absolute atomic E-state index is 13.3. The van der Waals surface area contributed by atoms with Crippen LogP contribution in [0.4, 0.5) is 24.5 Å². The van der Waals surface area contributed by atoms with E-state index in [1.165, 1.54) is 12.1 Å². The van der Waals surface area contributed by atoms with E-state index in [9.17, 15) is 18.0 Å². The average molecular weight is 432 g/mol. The lowest BCUT2D eigenvalue weighted by atomic mass is 10.0. The van der Waals surface area contributed by atoms with Crippen molar-refractivity contribution in [1.82, 2.24) is 4.90 Å². The van der Waals surface area contributed by atoms with Crippen LogP contribution < -0.4 is 10.2 Å². The molecule has 1 aliphatic carbocycles. The Balaban J connectivity index is 1.35. The second-order valence-corrected chi connectivity index (χ2v) is 8.75. The van der Waals surface area contributed by atoms with Gasteiger partial charge in [-0.3, -0.25) is 4.79 Å². The van der Waals surface area contributed by atoms with Gasteiger partial charge in [-0.1, -0.05) is 18.2 Å². The van der Waals surface area contributed by atoms with Gasteiger partial charge in [0, 0.05) is 36.4 Å². The molecule has 2 aromatic carbocycles. The molecule has 0 spiro atoms. The maximum Gasteiger partial charge on any atom is 0.416 e. The first-order valence-electron chi connectivity index (χ1n) is 10.7. The van der Waals surface area contributed by atoms with Gasteiger partial charge in [-0.2, -0.15) is 13.2 Å². The van der Waals surface area contributed by atoms with Crippen LogP contribution in [0.15, 0.2) is 48.5 Å². The van der Waals surface area contributed by atoms with E-state index in [0.29, 0.717) is 18.2 Å². The van der Waals surface area contributed by atoms with Crippen LogP contribution in [0, 0.1) is 5.92 Å². The fourth-order valence-electron chi connectivity index (χ4n) is 4.54. The van der Waals surface area contributed by atoms with Crippen LogP contribution in [0.2, 0.25) is 0 Å². The van der Waals surface area contributed by atoms with Crippen LogP contribution in [0.5, 0.6) is 0 Å². The molecule has 2 fully saturated rings. The smallest absolute Gasteiger partial charge is 0.371 e. The molecule has 1 aliphatic heterocycles. The molecule has 31 heavy (non-hydrogen) atoms. The molecule has 2 aliphatic rings. The molecule has 2 unspecified atom stereocenters. The van der Waals surface area contributed by atoms with Crippen molar-refractivity contribution in [3.63, 3.8) is 0 Å². The van der Waals surface area contributed by atoms with Crippen LogP contribution in [0.1, 0.15) is 36.3 Å². The summed E-state index contributed by atoms with van der Waals surface area (Å²) in [5, 5.41) is 2.87. The van der Waals surface area contributed by atoms with Gasteiger partial charge in [-0.05, 0) is 75.2 Å². The number of rotatable bonds is 5. The van der Waals surface area contributed by atoms with Crippen molar-refractivity contribution in [2.45, 2.75) is 37.4 Å². The highest BCUT2D eigenvalue weighted by Gasteiger charge is 2.47. The van der Waals surface area contributed by atoms with E-state index in [2.05, 4.69) is 29.2 Å². The minimum absolute atomic E-state index is 0.214. The van der Waals surface area contributed by atoms with E-state index >= 15 is 0 Å². The molecule has 1 N–H and O–H groups in total. The molecule has 1 saturated carbocycles. The first kappa shape index (κ1) is 21.7. The molecular formula is C24H28F3N3O. The molecule has 0 aromatic heterocycles. The highest BCUT2D eigenvalue weighted by Crippen LogP contribution is 2.51. The standard InChI is InChI=1S/C24H28F3N3O/c1-29(2)17-11-13-30(14-12-17)18-9-7-16(8-10-18)28-23(31)21-15-20(21)19-5-3-4-6-22(19)24(25,26)27/h3-10,17,20-21H,11-15H2,1-2H3,(H,28,31). The molecule has 4 rings (SSSR count). The highest BCUT2D eigenvalue weighted by molar-refractivity contribution is 5.95. The summed E-state index contributed by atoms with van der Waals surface area (Å²) in [6.07, 6.45) is -1.73. The molecule has 1 saturated heterocycles. The van der Waals surface area contributed by atoms with Crippen molar-refractivity contribution in [2.24, 2.45) is 5.92 Å². The summed E-state index contributed by atoms with van der Waals surface area (Å²) >= 11 is 0. The van der Waals surface area contributed by atoms with Gasteiger partial charge in [0.15, 0.2) is 0 Å². The predicted octanol–water partition coefficient (Wildman–Crippen LogP) is 4.98. The quantitative estimate of drug-likeness (QED) is 0.726. The lowest BCUT2D eigenvalue weighted by Crippen LogP contribution is -2.41. The Kier molecular flexibility index (Phi) is 5.97. The zero-order chi connectivity index (χ0) is 22.2. The number of amides is 1. The summed E-state index contributed by atoms with van der Waals surface area (Å²) in [5.41, 5.74) is 1.37. The molecule has 7 heteroatoms. The number of carbonyl (C=O) groups is 1. The summed E-state index contributed by atoms with van der Waals surface area (Å²) in [7, 11) is 4.23. The van der Waals surface area contributed by atoms with Gasteiger partial charge >= 0.3 is 6.18 Å². The topological polar surface area (TPSA) is 35.6 Å². The number of carbonyl (C=O) groups excluding carboxylic acids is 1. The van der Waals surface area contributed by atoms with Crippen molar-refractivity contribution in [2.75, 3.05) is 37.4 Å². The van der Waals surface area contributed by atoms with Gasteiger partial charge in [0.05, 0.1) is 5.56 Å². The van der Waals surface area contributed by atoms with Crippen molar-refractivity contribution in [3.05, 3.63) is 59.7 Å². The molecule has 4 nitrogen and oxygen atoms in total. The maximum atomic E-state index is 13.3. The average Bonchev–Trinajstić information content (AvgIpc) is 3.55. The van der Waals surface area contributed by atoms with Crippen LogP contribution in [-0.2, 0) is 11.0 Å². The van der Waals surface area contributed by atoms with E-state index in [0.717, 1.165) is 37.7 Å². The van der Waals surface area contributed by atoms with Gasteiger partial charge in [-0.15, -0.1) is 0 Å². The number of nitrogens with zero attached hydrogens (tertiary/aromatic N) is 2. The molecule has 0 bridgehead atoms. The minimum Gasteiger partial charge on any atom is -0.371 e. The first-order chi connectivity index (χ1) is 14.7. The first-order valence-corrected chi connectivity index (χ1v) is 10.7. The van der Waals surface area contributed by atoms with E-state index in [1.807, 2.05) is 24.3 Å². The van der Waals surface area contributed by atoms with E-state index in [-0.39, 0.29) is 17.4 Å². The second kappa shape index (κ2) is 8.54. The number of hydrogen-bond donors (Lipinski definition) is 1. The number of halogens is 3. The number of piperidine rings is 1. The fraction of sp³-hybridized carbons (Fsp3) is 0.458. The number of nitrogens with one attached hydrogen (secondary N) is 1. The lowest BCUT2D eigenvalue weighted by molar-refractivity contribution is -0.138. The van der Waals surface area contributed by atoms with E-state index in [1.54, 1.807) is 6.07 Å². The van der Waals surface area contributed by atoms with Gasteiger partial charge in [0.25, 0.3) is 0 Å². The third-order valence-corrected chi connectivity index (χ3v) is 6.49. The van der Waals surface area contributed by atoms with Gasteiger partial charge in [-0.25, -0.2) is 0 Å².